The van der Waals surface area contributed by atoms with E-state index < -0.39 is 10.0 Å². The molecule has 0 saturated heterocycles. The lowest BCUT2D eigenvalue weighted by Crippen LogP contribution is -2.27. The molecule has 0 aromatic heterocycles. The van der Waals surface area contributed by atoms with Gasteiger partial charge in [-0.1, -0.05) is 24.3 Å². The largest absolute Gasteiger partial charge is 0.326 e. The van der Waals surface area contributed by atoms with Crippen molar-refractivity contribution in [1.29, 1.82) is 0 Å². The summed E-state index contributed by atoms with van der Waals surface area (Å²) < 4.78 is 26.7. The van der Waals surface area contributed by atoms with Gasteiger partial charge in [0.15, 0.2) is 0 Å². The molecule has 0 heterocycles. The highest BCUT2D eigenvalue weighted by atomic mass is 32.2. The molecule has 3 N–H and O–H groups in total. The van der Waals surface area contributed by atoms with Gasteiger partial charge in [0.25, 0.3) is 0 Å². The molecule has 0 fully saturated rings. The third-order valence-corrected chi connectivity index (χ3v) is 4.37. The Bertz CT molecular complexity index is 501. The molecule has 114 valence electrons. The lowest BCUT2D eigenvalue weighted by Gasteiger charge is -2.11. The van der Waals surface area contributed by atoms with Crippen LogP contribution in [0.1, 0.15) is 24.0 Å². The number of nitrogens with zero attached hydrogens (tertiary/aromatic N) is 1. The van der Waals surface area contributed by atoms with E-state index in [-0.39, 0.29) is 5.75 Å². The first kappa shape index (κ1) is 17.1. The third kappa shape index (κ3) is 6.47. The second kappa shape index (κ2) is 8.36. The summed E-state index contributed by atoms with van der Waals surface area (Å²) in [6, 6.07) is 7.38. The first-order chi connectivity index (χ1) is 9.44. The summed E-state index contributed by atoms with van der Waals surface area (Å²) in [6.45, 7) is 1.81. The molecule has 0 unspecified atom stereocenters. The number of nitrogens with two attached hydrogens (primary N) is 1. The molecule has 1 aromatic rings. The maximum absolute atomic E-state index is 12.0. The van der Waals surface area contributed by atoms with Gasteiger partial charge in [0, 0.05) is 13.1 Å². The van der Waals surface area contributed by atoms with E-state index in [2.05, 4.69) is 9.62 Å². The van der Waals surface area contributed by atoms with Crippen LogP contribution in [0.2, 0.25) is 0 Å². The molecular weight excluding hydrogens is 274 g/mol. The fourth-order valence-electron chi connectivity index (χ4n) is 1.93. The van der Waals surface area contributed by atoms with Crippen molar-refractivity contribution in [3.63, 3.8) is 0 Å². The predicted molar refractivity (Wildman–Crippen MR) is 82.7 cm³/mol. The molecular formula is C14H25N3O2S. The maximum atomic E-state index is 12.0. The second-order valence-corrected chi connectivity index (χ2v) is 6.94. The fraction of sp³-hybridized carbons (Fsp3) is 0.571. The minimum atomic E-state index is -3.29. The van der Waals surface area contributed by atoms with E-state index in [0.717, 1.165) is 30.5 Å². The quantitative estimate of drug-likeness (QED) is 0.665. The highest BCUT2D eigenvalue weighted by Gasteiger charge is 2.12. The van der Waals surface area contributed by atoms with Gasteiger partial charge in [0.05, 0.1) is 5.75 Å². The molecule has 1 rings (SSSR count). The molecule has 6 heteroatoms. The van der Waals surface area contributed by atoms with Gasteiger partial charge in [-0.05, 0) is 44.6 Å². The number of hydrogen-bond acceptors (Lipinski definition) is 4. The van der Waals surface area contributed by atoms with Gasteiger partial charge in [-0.2, -0.15) is 0 Å². The SMILES string of the molecule is CN(C)CCCCNS(=O)(=O)Cc1ccccc1CN. The Hall–Kier alpha value is -0.950. The average molecular weight is 299 g/mol. The molecule has 20 heavy (non-hydrogen) atoms. The van der Waals surface area contributed by atoms with Gasteiger partial charge in [-0.15, -0.1) is 0 Å². The Balaban J connectivity index is 2.45. The molecule has 0 aliphatic rings. The number of hydrogen-bond donors (Lipinski definition) is 2. The summed E-state index contributed by atoms with van der Waals surface area (Å²) >= 11 is 0. The molecule has 0 spiro atoms. The smallest absolute Gasteiger partial charge is 0.215 e. The van der Waals surface area contributed by atoms with Crippen molar-refractivity contribution in [2.45, 2.75) is 25.1 Å². The van der Waals surface area contributed by atoms with Crippen molar-refractivity contribution >= 4 is 10.0 Å². The number of nitrogens with one attached hydrogen (secondary N) is 1. The normalized spacial score (nSPS) is 12.0. The zero-order valence-corrected chi connectivity index (χ0v) is 13.1. The van der Waals surface area contributed by atoms with Gasteiger partial charge in [-0.3, -0.25) is 0 Å². The van der Waals surface area contributed by atoms with Crippen LogP contribution < -0.4 is 10.5 Å². The van der Waals surface area contributed by atoms with Gasteiger partial charge < -0.3 is 10.6 Å². The molecule has 0 aliphatic heterocycles. The monoisotopic (exact) mass is 299 g/mol. The van der Waals surface area contributed by atoms with Crippen LogP contribution in [0.25, 0.3) is 0 Å². The molecule has 0 amide bonds. The van der Waals surface area contributed by atoms with Crippen LogP contribution in [0.15, 0.2) is 24.3 Å². The van der Waals surface area contributed by atoms with Crippen LogP contribution in [-0.4, -0.2) is 40.5 Å². The van der Waals surface area contributed by atoms with Crippen LogP contribution in [0.5, 0.6) is 0 Å². The van der Waals surface area contributed by atoms with Gasteiger partial charge in [0.2, 0.25) is 10.0 Å². The number of benzene rings is 1. The van der Waals surface area contributed by atoms with Crippen molar-refractivity contribution in [3.05, 3.63) is 35.4 Å². The Morgan fingerprint density at radius 3 is 2.40 bits per heavy atom. The predicted octanol–water partition coefficient (Wildman–Crippen LogP) is 0.907. The van der Waals surface area contributed by atoms with Gasteiger partial charge >= 0.3 is 0 Å². The molecule has 0 saturated carbocycles. The number of unbranched alkanes of at least 4 members (excludes halogenated alkanes) is 1. The van der Waals surface area contributed by atoms with E-state index in [1.54, 1.807) is 0 Å². The first-order valence-corrected chi connectivity index (χ1v) is 8.49. The highest BCUT2D eigenvalue weighted by molar-refractivity contribution is 7.88. The minimum absolute atomic E-state index is 0.00590. The van der Waals surface area contributed by atoms with E-state index in [1.165, 1.54) is 0 Å². The van der Waals surface area contributed by atoms with Crippen LogP contribution in [0.4, 0.5) is 0 Å². The molecule has 0 atom stereocenters. The Morgan fingerprint density at radius 1 is 1.15 bits per heavy atom. The van der Waals surface area contributed by atoms with Gasteiger partial charge in [-0.25, -0.2) is 13.1 Å². The minimum Gasteiger partial charge on any atom is -0.326 e. The second-order valence-electron chi connectivity index (χ2n) is 5.14. The van der Waals surface area contributed by atoms with Crippen molar-refractivity contribution in [1.82, 2.24) is 9.62 Å². The lowest BCUT2D eigenvalue weighted by molar-refractivity contribution is 0.394. The summed E-state index contributed by atoms with van der Waals surface area (Å²) in [5, 5.41) is 0. The van der Waals surface area contributed by atoms with E-state index in [1.807, 2.05) is 38.4 Å². The van der Waals surface area contributed by atoms with Crippen molar-refractivity contribution < 1.29 is 8.42 Å². The first-order valence-electron chi connectivity index (χ1n) is 6.83. The zero-order chi connectivity index (χ0) is 15.0. The molecule has 0 radical (unpaired) electrons. The molecule has 1 aromatic carbocycles. The van der Waals surface area contributed by atoms with Crippen LogP contribution in [0, 0.1) is 0 Å². The molecule has 0 aliphatic carbocycles. The maximum Gasteiger partial charge on any atom is 0.215 e. The fourth-order valence-corrected chi connectivity index (χ4v) is 3.18. The zero-order valence-electron chi connectivity index (χ0n) is 12.3. The highest BCUT2D eigenvalue weighted by Crippen LogP contribution is 2.11. The average Bonchev–Trinajstić information content (AvgIpc) is 2.38. The standard InChI is InChI=1S/C14H25N3O2S/c1-17(2)10-6-5-9-16-20(18,19)12-14-8-4-3-7-13(14)11-15/h3-4,7-8,16H,5-6,9-12,15H2,1-2H3. The van der Waals surface area contributed by atoms with E-state index in [0.29, 0.717) is 13.1 Å². The Labute approximate surface area is 122 Å². The van der Waals surface area contributed by atoms with E-state index >= 15 is 0 Å². The third-order valence-electron chi connectivity index (χ3n) is 3.04. The molecule has 5 nitrogen and oxygen atoms in total. The summed E-state index contributed by atoms with van der Waals surface area (Å²) in [4.78, 5) is 2.09. The van der Waals surface area contributed by atoms with Crippen LogP contribution >= 0.6 is 0 Å². The Morgan fingerprint density at radius 2 is 1.80 bits per heavy atom. The Kier molecular flexibility index (Phi) is 7.15. The summed E-state index contributed by atoms with van der Waals surface area (Å²) in [7, 11) is 0.729. The summed E-state index contributed by atoms with van der Waals surface area (Å²) in [6.07, 6.45) is 1.82. The van der Waals surface area contributed by atoms with Crippen LogP contribution in [-0.2, 0) is 22.3 Å². The van der Waals surface area contributed by atoms with Crippen molar-refractivity contribution in [3.8, 4) is 0 Å². The molecule has 0 bridgehead atoms. The number of sulfonamides is 1. The topological polar surface area (TPSA) is 75.4 Å². The van der Waals surface area contributed by atoms with Gasteiger partial charge in [0.1, 0.15) is 0 Å². The van der Waals surface area contributed by atoms with E-state index in [4.69, 9.17) is 5.73 Å². The van der Waals surface area contributed by atoms with Crippen molar-refractivity contribution in [2.75, 3.05) is 27.2 Å². The summed E-state index contributed by atoms with van der Waals surface area (Å²) in [5.41, 5.74) is 7.27. The summed E-state index contributed by atoms with van der Waals surface area (Å²) in [5.74, 6) is -0.00590. The lowest BCUT2D eigenvalue weighted by atomic mass is 10.1. The van der Waals surface area contributed by atoms with E-state index in [9.17, 15) is 8.42 Å². The van der Waals surface area contributed by atoms with Crippen LogP contribution in [0.3, 0.4) is 0 Å². The van der Waals surface area contributed by atoms with Crippen molar-refractivity contribution in [2.24, 2.45) is 5.73 Å². The number of rotatable bonds is 9.